The number of carbonyl (C=O) groups excluding carboxylic acids is 1. The quantitative estimate of drug-likeness (QED) is 0.845. The van der Waals surface area contributed by atoms with Crippen LogP contribution in [0.5, 0.6) is 0 Å². The number of carbonyl (C=O) groups is 1. The Labute approximate surface area is 160 Å². The standard InChI is InChI=1S/C19H24N4O2.ClH/c1-14-8-9-15-12-23(19(25)21-16-6-4-3-5-7-16)11-10-17(13-24)22(2)18(15)20-14;/h3-9,17,24H,10-13H2,1-2H3,(H,21,25);1H/t17-;/m0./s1. The van der Waals surface area contributed by atoms with Crippen molar-refractivity contribution in [2.24, 2.45) is 0 Å². The Morgan fingerprint density at radius 3 is 2.69 bits per heavy atom. The molecule has 0 radical (unpaired) electrons. The van der Waals surface area contributed by atoms with E-state index in [0.29, 0.717) is 19.5 Å². The molecular weight excluding hydrogens is 352 g/mol. The van der Waals surface area contributed by atoms with E-state index < -0.39 is 0 Å². The number of nitrogens with zero attached hydrogens (tertiary/aromatic N) is 3. The van der Waals surface area contributed by atoms with E-state index in [-0.39, 0.29) is 31.1 Å². The van der Waals surface area contributed by atoms with Crippen LogP contribution in [0, 0.1) is 6.92 Å². The number of para-hydroxylation sites is 1. The number of likely N-dealkylation sites (N-methyl/N-ethyl adjacent to an activating group) is 1. The maximum absolute atomic E-state index is 12.7. The Bertz CT molecular complexity index is 742. The van der Waals surface area contributed by atoms with E-state index in [9.17, 15) is 9.90 Å². The number of urea groups is 1. The summed E-state index contributed by atoms with van der Waals surface area (Å²) in [5.41, 5.74) is 2.67. The number of nitrogens with one attached hydrogen (secondary N) is 1. The lowest BCUT2D eigenvalue weighted by atomic mass is 10.1. The molecule has 140 valence electrons. The fourth-order valence-electron chi connectivity index (χ4n) is 3.07. The molecule has 6 nitrogen and oxygen atoms in total. The van der Waals surface area contributed by atoms with E-state index in [1.54, 1.807) is 4.90 Å². The second-order valence-electron chi connectivity index (χ2n) is 6.39. The molecule has 2 aromatic rings. The van der Waals surface area contributed by atoms with Crippen LogP contribution in [0.3, 0.4) is 0 Å². The Morgan fingerprint density at radius 2 is 2.00 bits per heavy atom. The maximum Gasteiger partial charge on any atom is 0.322 e. The van der Waals surface area contributed by atoms with Gasteiger partial charge in [0.2, 0.25) is 0 Å². The molecule has 1 atom stereocenters. The molecule has 26 heavy (non-hydrogen) atoms. The molecule has 1 aromatic heterocycles. The van der Waals surface area contributed by atoms with E-state index in [1.807, 2.05) is 61.3 Å². The predicted octanol–water partition coefficient (Wildman–Crippen LogP) is 3.05. The highest BCUT2D eigenvalue weighted by atomic mass is 35.5. The molecule has 1 aliphatic rings. The normalized spacial score (nSPS) is 16.8. The summed E-state index contributed by atoms with van der Waals surface area (Å²) in [6, 6.07) is 13.2. The van der Waals surface area contributed by atoms with Crippen LogP contribution >= 0.6 is 12.4 Å². The van der Waals surface area contributed by atoms with Crippen molar-refractivity contribution in [1.29, 1.82) is 0 Å². The summed E-state index contributed by atoms with van der Waals surface area (Å²) in [5.74, 6) is 0.830. The van der Waals surface area contributed by atoms with E-state index in [2.05, 4.69) is 10.3 Å². The number of hydrogen-bond donors (Lipinski definition) is 2. The molecule has 2 heterocycles. The number of aliphatic hydroxyl groups is 1. The monoisotopic (exact) mass is 376 g/mol. The van der Waals surface area contributed by atoms with Gasteiger partial charge in [-0.1, -0.05) is 24.3 Å². The Balaban J connectivity index is 0.00000243. The average Bonchev–Trinajstić information content (AvgIpc) is 2.61. The van der Waals surface area contributed by atoms with Crippen molar-refractivity contribution < 1.29 is 9.90 Å². The summed E-state index contributed by atoms with van der Waals surface area (Å²) in [6.07, 6.45) is 0.685. The number of fused-ring (bicyclic) bond motifs is 1. The molecule has 3 rings (SSSR count). The van der Waals surface area contributed by atoms with Gasteiger partial charge in [-0.05, 0) is 31.5 Å². The van der Waals surface area contributed by atoms with Crippen LogP contribution in [0.4, 0.5) is 16.3 Å². The van der Waals surface area contributed by atoms with E-state index in [1.165, 1.54) is 0 Å². The third-order valence-electron chi connectivity index (χ3n) is 4.59. The van der Waals surface area contributed by atoms with Crippen molar-refractivity contribution in [3.8, 4) is 0 Å². The molecule has 2 amide bonds. The minimum Gasteiger partial charge on any atom is -0.394 e. The van der Waals surface area contributed by atoms with E-state index in [0.717, 1.165) is 22.8 Å². The Morgan fingerprint density at radius 1 is 1.27 bits per heavy atom. The van der Waals surface area contributed by atoms with Crippen molar-refractivity contribution in [2.45, 2.75) is 25.9 Å². The number of pyridine rings is 1. The number of anilines is 2. The second-order valence-corrected chi connectivity index (χ2v) is 6.39. The summed E-state index contributed by atoms with van der Waals surface area (Å²) in [5, 5.41) is 12.7. The number of hydrogen-bond acceptors (Lipinski definition) is 4. The summed E-state index contributed by atoms with van der Waals surface area (Å²) in [6.45, 7) is 3.03. The highest BCUT2D eigenvalue weighted by Crippen LogP contribution is 2.25. The first-order valence-corrected chi connectivity index (χ1v) is 8.49. The highest BCUT2D eigenvalue weighted by Gasteiger charge is 2.26. The van der Waals surface area contributed by atoms with Crippen LogP contribution in [0.2, 0.25) is 0 Å². The molecule has 7 heteroatoms. The van der Waals surface area contributed by atoms with Gasteiger partial charge in [0.05, 0.1) is 19.2 Å². The lowest BCUT2D eigenvalue weighted by Gasteiger charge is -2.35. The highest BCUT2D eigenvalue weighted by molar-refractivity contribution is 5.89. The van der Waals surface area contributed by atoms with Gasteiger partial charge in [-0.3, -0.25) is 0 Å². The lowest BCUT2D eigenvalue weighted by Crippen LogP contribution is -2.44. The van der Waals surface area contributed by atoms with E-state index >= 15 is 0 Å². The summed E-state index contributed by atoms with van der Waals surface area (Å²) in [7, 11) is 1.95. The zero-order valence-corrected chi connectivity index (χ0v) is 15.9. The predicted molar refractivity (Wildman–Crippen MR) is 106 cm³/mol. The van der Waals surface area contributed by atoms with Crippen LogP contribution in [0.25, 0.3) is 0 Å². The van der Waals surface area contributed by atoms with Gasteiger partial charge in [-0.25, -0.2) is 9.78 Å². The molecule has 0 aliphatic carbocycles. The van der Waals surface area contributed by atoms with Gasteiger partial charge in [-0.2, -0.15) is 0 Å². The van der Waals surface area contributed by atoms with E-state index in [4.69, 9.17) is 0 Å². The number of amides is 2. The first kappa shape index (κ1) is 20.0. The topological polar surface area (TPSA) is 68.7 Å². The molecule has 2 N–H and O–H groups in total. The number of benzene rings is 1. The average molecular weight is 377 g/mol. The minimum atomic E-state index is -0.140. The van der Waals surface area contributed by atoms with Crippen molar-refractivity contribution in [3.05, 3.63) is 53.7 Å². The second kappa shape index (κ2) is 8.87. The fourth-order valence-corrected chi connectivity index (χ4v) is 3.07. The molecule has 0 fully saturated rings. The van der Waals surface area contributed by atoms with Gasteiger partial charge >= 0.3 is 6.03 Å². The molecular formula is C19H25ClN4O2. The number of aromatic nitrogens is 1. The zero-order chi connectivity index (χ0) is 17.8. The zero-order valence-electron chi connectivity index (χ0n) is 15.1. The molecule has 0 saturated heterocycles. The smallest absolute Gasteiger partial charge is 0.322 e. The lowest BCUT2D eigenvalue weighted by molar-refractivity contribution is 0.196. The van der Waals surface area contributed by atoms with Gasteiger partial charge < -0.3 is 20.2 Å². The van der Waals surface area contributed by atoms with Crippen LogP contribution in [0.15, 0.2) is 42.5 Å². The van der Waals surface area contributed by atoms with Crippen LogP contribution in [-0.4, -0.2) is 47.3 Å². The fraction of sp³-hybridized carbons (Fsp3) is 0.368. The summed E-state index contributed by atoms with van der Waals surface area (Å²) < 4.78 is 0. The van der Waals surface area contributed by atoms with Crippen molar-refractivity contribution in [1.82, 2.24) is 9.88 Å². The van der Waals surface area contributed by atoms with Gasteiger partial charge in [0.15, 0.2) is 0 Å². The van der Waals surface area contributed by atoms with Crippen molar-refractivity contribution in [3.63, 3.8) is 0 Å². The molecule has 0 unspecified atom stereocenters. The Hall–Kier alpha value is -2.31. The number of rotatable bonds is 2. The van der Waals surface area contributed by atoms with Crippen LogP contribution in [-0.2, 0) is 6.54 Å². The van der Waals surface area contributed by atoms with Crippen molar-refractivity contribution >= 4 is 29.9 Å². The third-order valence-corrected chi connectivity index (χ3v) is 4.59. The van der Waals surface area contributed by atoms with Crippen LogP contribution < -0.4 is 10.2 Å². The van der Waals surface area contributed by atoms with Gasteiger partial charge in [0.1, 0.15) is 5.82 Å². The molecule has 1 aliphatic heterocycles. The number of aliphatic hydroxyl groups excluding tert-OH is 1. The largest absolute Gasteiger partial charge is 0.394 e. The molecule has 0 spiro atoms. The number of halogens is 1. The third kappa shape index (κ3) is 4.45. The van der Waals surface area contributed by atoms with Gasteiger partial charge in [0.25, 0.3) is 0 Å². The molecule has 0 bridgehead atoms. The summed E-state index contributed by atoms with van der Waals surface area (Å²) in [4.78, 5) is 21.1. The number of aryl methyl sites for hydroxylation is 1. The minimum absolute atomic E-state index is 0. The van der Waals surface area contributed by atoms with Crippen molar-refractivity contribution in [2.75, 3.05) is 30.4 Å². The van der Waals surface area contributed by atoms with Crippen LogP contribution in [0.1, 0.15) is 17.7 Å². The first-order valence-electron chi connectivity index (χ1n) is 8.49. The molecule has 0 saturated carbocycles. The molecule has 1 aromatic carbocycles. The first-order chi connectivity index (χ1) is 12.1. The SMILES string of the molecule is Cc1ccc2c(n1)N(C)[C@H](CO)CCN(C(=O)Nc1ccccc1)C2.Cl. The summed E-state index contributed by atoms with van der Waals surface area (Å²) >= 11 is 0. The maximum atomic E-state index is 12.7. The van der Waals surface area contributed by atoms with Gasteiger partial charge in [0, 0.05) is 30.5 Å². The van der Waals surface area contributed by atoms with Gasteiger partial charge in [-0.15, -0.1) is 12.4 Å². The Kier molecular flexibility index (Phi) is 6.83.